The molecule has 11 N–H and O–H groups in total. The fraction of sp³-hybridized carbons (Fsp3) is 0.896. The summed E-state index contributed by atoms with van der Waals surface area (Å²) in [6.45, 7) is 16.2. The van der Waals surface area contributed by atoms with Crippen LogP contribution in [0, 0.1) is 50.7 Å². The molecular formula is C48H76O18. The Morgan fingerprint density at radius 3 is 1.83 bits per heavy atom. The molecule has 8 rings (SSSR count). The van der Waals surface area contributed by atoms with Crippen LogP contribution in [0.3, 0.4) is 0 Å². The first-order valence-electron chi connectivity index (χ1n) is 24.1. The van der Waals surface area contributed by atoms with E-state index in [9.17, 15) is 61.0 Å². The predicted octanol–water partition coefficient (Wildman–Crippen LogP) is -0.0835. The van der Waals surface area contributed by atoms with Crippen molar-refractivity contribution < 1.29 is 89.4 Å². The largest absolute Gasteiger partial charge is 0.432 e. The average molecular weight is 941 g/mol. The van der Waals surface area contributed by atoms with E-state index in [4.69, 9.17) is 28.4 Å². The first kappa shape index (κ1) is 50.7. The van der Waals surface area contributed by atoms with Crippen molar-refractivity contribution in [2.75, 3.05) is 19.8 Å². The quantitative estimate of drug-likeness (QED) is 0.0776. The zero-order chi connectivity index (χ0) is 48.2. The normalized spacial score (nSPS) is 53.4. The Morgan fingerprint density at radius 1 is 0.667 bits per heavy atom. The number of rotatable bonds is 10. The highest BCUT2D eigenvalue weighted by atomic mass is 16.7. The van der Waals surface area contributed by atoms with E-state index >= 15 is 0 Å². The molecule has 9 unspecified atom stereocenters. The molecule has 18 nitrogen and oxygen atoms in total. The van der Waals surface area contributed by atoms with Crippen LogP contribution in [-0.2, 0) is 33.2 Å². The van der Waals surface area contributed by atoms with Gasteiger partial charge < -0.3 is 84.6 Å². The molecular weight excluding hydrogens is 865 g/mol. The molecule has 3 saturated heterocycles. The molecule has 0 amide bonds. The third-order valence-electron chi connectivity index (χ3n) is 19.1. The lowest BCUT2D eigenvalue weighted by atomic mass is 9.34. The first-order valence-corrected chi connectivity index (χ1v) is 24.1. The summed E-state index contributed by atoms with van der Waals surface area (Å²) in [5.41, 5.74) is 0.212. The van der Waals surface area contributed by atoms with Gasteiger partial charge in [0.1, 0.15) is 73.2 Å². The Bertz CT molecular complexity index is 1830. The maximum atomic E-state index is 14.9. The lowest BCUT2D eigenvalue weighted by Gasteiger charge is -2.70. The van der Waals surface area contributed by atoms with Gasteiger partial charge in [0.25, 0.3) is 0 Å². The molecule has 0 spiro atoms. The van der Waals surface area contributed by atoms with E-state index in [0.29, 0.717) is 32.1 Å². The lowest BCUT2D eigenvalue weighted by Crippen LogP contribution is -2.66. The van der Waals surface area contributed by atoms with E-state index < -0.39 is 123 Å². The summed E-state index contributed by atoms with van der Waals surface area (Å²) in [6, 6.07) is 0. The molecule has 4 saturated carbocycles. The minimum Gasteiger partial charge on any atom is -0.432 e. The third kappa shape index (κ3) is 7.71. The molecule has 3 heterocycles. The molecule has 18 heteroatoms. The number of hydrogen-bond acceptors (Lipinski definition) is 18. The fourth-order valence-corrected chi connectivity index (χ4v) is 15.0. The van der Waals surface area contributed by atoms with Crippen molar-refractivity contribution in [1.29, 1.82) is 0 Å². The van der Waals surface area contributed by atoms with Crippen molar-refractivity contribution in [2.24, 2.45) is 50.7 Å². The van der Waals surface area contributed by atoms with Crippen LogP contribution in [0.25, 0.3) is 0 Å². The number of hydrogen-bond donors (Lipinski definition) is 11. The molecule has 66 heavy (non-hydrogen) atoms. The van der Waals surface area contributed by atoms with Gasteiger partial charge >= 0.3 is 5.97 Å². The van der Waals surface area contributed by atoms with E-state index in [1.807, 2.05) is 6.92 Å². The van der Waals surface area contributed by atoms with Crippen LogP contribution in [0.1, 0.15) is 99.3 Å². The van der Waals surface area contributed by atoms with Gasteiger partial charge in [-0.3, -0.25) is 4.79 Å². The minimum atomic E-state index is -1.82. The molecule has 7 fully saturated rings. The molecule has 0 radical (unpaired) electrons. The Morgan fingerprint density at radius 2 is 1.23 bits per heavy atom. The zero-order valence-electron chi connectivity index (χ0n) is 39.1. The number of allylic oxidation sites excluding steroid dienone is 3. The topological polar surface area (TPSA) is 295 Å². The average Bonchev–Trinajstić information content (AvgIpc) is 3.68. The number of carbonyl (C=O) groups is 1. The van der Waals surface area contributed by atoms with Crippen LogP contribution in [0.5, 0.6) is 0 Å². The number of carbonyl (C=O) groups excluding carboxylic acids is 1. The van der Waals surface area contributed by atoms with Crippen molar-refractivity contribution in [3.63, 3.8) is 0 Å². The maximum Gasteiger partial charge on any atom is 0.315 e. The van der Waals surface area contributed by atoms with Crippen molar-refractivity contribution in [3.05, 3.63) is 23.8 Å². The van der Waals surface area contributed by atoms with Gasteiger partial charge in [0, 0.05) is 5.92 Å². The Hall–Kier alpha value is -1.69. The van der Waals surface area contributed by atoms with Gasteiger partial charge in [0.05, 0.1) is 31.3 Å². The van der Waals surface area contributed by atoms with Crippen LogP contribution in [-0.4, -0.2) is 180 Å². The van der Waals surface area contributed by atoms with Crippen molar-refractivity contribution >= 4 is 5.97 Å². The molecule has 0 aromatic heterocycles. The standard InChI is InChI=1S/C48H76O18/c1-21(2)22-10-15-48(43(60)66-42-39(59)36(56)33(53)26(64-42)20-61-40-37(57)34(54)31(51)24(18-49)62-40)17-16-46(6)23(30(22)48)8-9-28-45(5)13-12-29(44(3,4)27(45)11-14-47(28,46)7)65-41-38(58)35(55)32(52)25(19-50)63-41/h8,22,24-42,49-59H,1,9-20H2,2-7H3/t22?,24-,25-,26-,27?,28?,29?,30?,31-,32-,33-,34+,35+,36+,37-,38-,39-,40-,41+,42+,45?,46?,47?,48?/m1/s1. The third-order valence-corrected chi connectivity index (χ3v) is 19.1. The molecule has 0 aromatic rings. The summed E-state index contributed by atoms with van der Waals surface area (Å²) in [5.74, 6) is -0.378. The number of aliphatic hydroxyl groups excluding tert-OH is 11. The molecule has 0 aromatic carbocycles. The van der Waals surface area contributed by atoms with Crippen LogP contribution < -0.4 is 0 Å². The maximum absolute atomic E-state index is 14.9. The van der Waals surface area contributed by atoms with Gasteiger partial charge in [-0.1, -0.05) is 58.4 Å². The SMILES string of the molecule is C=C(C)C1CCC2(C(=O)O[C@@H]3O[C@H](CO[C@@H]4O[C@H](CO)[C@@H](O)[C@H](O)[C@H]4O)[C@@H](O)[C@H](O)[C@H]3O)CCC3(C)C(=CCC4C5(C)CCC(O[C@@H]6O[C@H](CO)[C@@H](O)[C@H](O)[C@H]6O)C(C)(C)C5CCC43C)C12. The van der Waals surface area contributed by atoms with Crippen LogP contribution in [0.15, 0.2) is 23.8 Å². The molecule has 0 bridgehead atoms. The summed E-state index contributed by atoms with van der Waals surface area (Å²) in [7, 11) is 0. The summed E-state index contributed by atoms with van der Waals surface area (Å²) < 4.78 is 35.4. The van der Waals surface area contributed by atoms with Crippen LogP contribution in [0.2, 0.25) is 0 Å². The number of ether oxygens (including phenoxy) is 6. The van der Waals surface area contributed by atoms with Crippen LogP contribution in [0.4, 0.5) is 0 Å². The van der Waals surface area contributed by atoms with Crippen LogP contribution >= 0.6 is 0 Å². The number of esters is 1. The first-order chi connectivity index (χ1) is 30.9. The second-order valence-corrected chi connectivity index (χ2v) is 22.6. The second-order valence-electron chi connectivity index (χ2n) is 22.6. The molecule has 8 aliphatic rings. The Labute approximate surface area is 386 Å². The van der Waals surface area contributed by atoms with Crippen molar-refractivity contribution in [1.82, 2.24) is 0 Å². The highest BCUT2D eigenvalue weighted by Gasteiger charge is 2.71. The van der Waals surface area contributed by atoms with Gasteiger partial charge in [0.15, 0.2) is 12.6 Å². The molecule has 3 aliphatic heterocycles. The summed E-state index contributed by atoms with van der Waals surface area (Å²) in [6.07, 6.45) is -14.5. The molecule has 24 atom stereocenters. The van der Waals surface area contributed by atoms with Gasteiger partial charge in [-0.05, 0) is 104 Å². The smallest absolute Gasteiger partial charge is 0.315 e. The lowest BCUT2D eigenvalue weighted by molar-refractivity contribution is -0.330. The summed E-state index contributed by atoms with van der Waals surface area (Å²) in [4.78, 5) is 14.9. The summed E-state index contributed by atoms with van der Waals surface area (Å²) >= 11 is 0. The van der Waals surface area contributed by atoms with Crippen molar-refractivity contribution in [3.8, 4) is 0 Å². The highest BCUT2D eigenvalue weighted by molar-refractivity contribution is 5.79. The van der Waals surface area contributed by atoms with Gasteiger partial charge in [-0.15, -0.1) is 0 Å². The van der Waals surface area contributed by atoms with Gasteiger partial charge in [0.2, 0.25) is 6.29 Å². The predicted molar refractivity (Wildman–Crippen MR) is 230 cm³/mol. The monoisotopic (exact) mass is 941 g/mol. The van der Waals surface area contributed by atoms with E-state index in [2.05, 4.69) is 47.3 Å². The summed E-state index contributed by atoms with van der Waals surface area (Å²) in [5, 5.41) is 115. The molecule has 376 valence electrons. The van der Waals surface area contributed by atoms with Gasteiger partial charge in [-0.25, -0.2) is 0 Å². The van der Waals surface area contributed by atoms with E-state index in [1.54, 1.807) is 0 Å². The molecule has 5 aliphatic carbocycles. The number of fused-ring (bicyclic) bond motifs is 7. The van der Waals surface area contributed by atoms with E-state index in [0.717, 1.165) is 31.3 Å². The highest BCUT2D eigenvalue weighted by Crippen LogP contribution is 2.76. The van der Waals surface area contributed by atoms with Gasteiger partial charge in [-0.2, -0.15) is 0 Å². The van der Waals surface area contributed by atoms with Crippen molar-refractivity contribution in [2.45, 2.75) is 198 Å². The number of aliphatic hydroxyl groups is 11. The fourth-order valence-electron chi connectivity index (χ4n) is 15.0. The Kier molecular flexibility index (Phi) is 14.0. The Balaban J connectivity index is 1.01. The second kappa shape index (κ2) is 18.2. The van der Waals surface area contributed by atoms with E-state index in [1.165, 1.54) is 5.57 Å². The zero-order valence-corrected chi connectivity index (χ0v) is 39.1. The van der Waals surface area contributed by atoms with E-state index in [-0.39, 0.29) is 51.4 Å². The minimum absolute atomic E-state index is 0.0336.